The van der Waals surface area contributed by atoms with Gasteiger partial charge in [0.1, 0.15) is 10.8 Å². The number of hydrogen-bond acceptors (Lipinski definition) is 7. The zero-order valence-electron chi connectivity index (χ0n) is 20.0. The van der Waals surface area contributed by atoms with Crippen molar-refractivity contribution in [2.45, 2.75) is 32.9 Å². The molecule has 36 heavy (non-hydrogen) atoms. The quantitative estimate of drug-likeness (QED) is 0.301. The van der Waals surface area contributed by atoms with Gasteiger partial charge in [-0.2, -0.15) is 0 Å². The minimum atomic E-state index is -0.615. The fraction of sp³-hybridized carbons (Fsp3) is 0.214. The van der Waals surface area contributed by atoms with Gasteiger partial charge >= 0.3 is 5.97 Å². The first-order chi connectivity index (χ1) is 17.5. The van der Waals surface area contributed by atoms with Crippen LogP contribution in [-0.2, 0) is 16.1 Å². The molecule has 0 fully saturated rings. The first-order valence-electron chi connectivity index (χ1n) is 11.8. The average molecular weight is 500 g/mol. The van der Waals surface area contributed by atoms with E-state index in [1.165, 1.54) is 11.3 Å². The summed E-state index contributed by atoms with van der Waals surface area (Å²) in [6.45, 7) is 4.36. The van der Waals surface area contributed by atoms with Crippen molar-refractivity contribution < 1.29 is 19.1 Å². The van der Waals surface area contributed by atoms with Crippen molar-refractivity contribution in [1.82, 2.24) is 9.97 Å². The van der Waals surface area contributed by atoms with Crippen LogP contribution in [0.4, 0.5) is 5.69 Å². The van der Waals surface area contributed by atoms with E-state index in [-0.39, 0.29) is 11.9 Å². The van der Waals surface area contributed by atoms with Crippen molar-refractivity contribution in [1.29, 1.82) is 0 Å². The van der Waals surface area contributed by atoms with Crippen molar-refractivity contribution in [2.75, 3.05) is 11.5 Å². The second-order valence-corrected chi connectivity index (χ2v) is 9.31. The Kier molecular flexibility index (Phi) is 6.77. The number of thiazole rings is 1. The van der Waals surface area contributed by atoms with Gasteiger partial charge in [-0.1, -0.05) is 25.1 Å². The first kappa shape index (κ1) is 23.7. The minimum Gasteiger partial charge on any atom is -0.479 e. The van der Waals surface area contributed by atoms with Crippen LogP contribution in [0.5, 0.6) is 5.75 Å². The van der Waals surface area contributed by atoms with Gasteiger partial charge in [0.2, 0.25) is 0 Å². The lowest BCUT2D eigenvalue weighted by Gasteiger charge is -2.33. The maximum Gasteiger partial charge on any atom is 0.338 e. The summed E-state index contributed by atoms with van der Waals surface area (Å²) in [6, 6.07) is 18.7. The van der Waals surface area contributed by atoms with Gasteiger partial charge < -0.3 is 14.4 Å². The van der Waals surface area contributed by atoms with E-state index < -0.39 is 6.10 Å². The Labute approximate surface area is 213 Å². The molecule has 8 heteroatoms. The largest absolute Gasteiger partial charge is 0.479 e. The Morgan fingerprint density at radius 2 is 2.00 bits per heavy atom. The third-order valence-corrected chi connectivity index (χ3v) is 6.66. The second-order valence-electron chi connectivity index (χ2n) is 8.46. The van der Waals surface area contributed by atoms with Crippen LogP contribution in [0.1, 0.15) is 36.2 Å². The Bertz CT molecular complexity index is 1400. The third-order valence-electron chi connectivity index (χ3n) is 5.79. The van der Waals surface area contributed by atoms with Crippen LogP contribution in [-0.4, -0.2) is 34.6 Å². The van der Waals surface area contributed by atoms with E-state index in [0.717, 1.165) is 33.9 Å². The van der Waals surface area contributed by atoms with Crippen molar-refractivity contribution in [2.24, 2.45) is 0 Å². The maximum atomic E-state index is 13.2. The molecule has 2 aromatic heterocycles. The van der Waals surface area contributed by atoms with Gasteiger partial charge in [-0.25, -0.2) is 9.78 Å². The molecule has 0 spiro atoms. The van der Waals surface area contributed by atoms with Crippen LogP contribution in [0.25, 0.3) is 22.0 Å². The van der Waals surface area contributed by atoms with Crippen molar-refractivity contribution in [3.05, 3.63) is 83.4 Å². The van der Waals surface area contributed by atoms with Crippen LogP contribution < -0.4 is 9.64 Å². The molecule has 1 amide bonds. The molecule has 182 valence electrons. The predicted octanol–water partition coefficient (Wildman–Crippen LogP) is 5.75. The van der Waals surface area contributed by atoms with E-state index in [0.29, 0.717) is 30.2 Å². The predicted molar refractivity (Wildman–Crippen MR) is 139 cm³/mol. The van der Waals surface area contributed by atoms with E-state index >= 15 is 0 Å². The van der Waals surface area contributed by atoms with Crippen LogP contribution in [0.2, 0.25) is 0 Å². The van der Waals surface area contributed by atoms with Gasteiger partial charge in [0.05, 0.1) is 35.8 Å². The number of carbonyl (C=O) groups is 2. The van der Waals surface area contributed by atoms with Crippen LogP contribution >= 0.6 is 11.3 Å². The van der Waals surface area contributed by atoms with Crippen LogP contribution in [0, 0.1) is 0 Å². The van der Waals surface area contributed by atoms with Crippen molar-refractivity contribution >= 4 is 28.9 Å². The summed E-state index contributed by atoms with van der Waals surface area (Å²) < 4.78 is 11.2. The molecule has 0 N–H and O–H groups in total. The number of anilines is 1. The number of nitrogens with zero attached hydrogens (tertiary/aromatic N) is 3. The zero-order valence-corrected chi connectivity index (χ0v) is 20.8. The summed E-state index contributed by atoms with van der Waals surface area (Å²) in [5.74, 6) is 0.117. The summed E-state index contributed by atoms with van der Waals surface area (Å²) in [4.78, 5) is 36.4. The van der Waals surface area contributed by atoms with E-state index in [1.807, 2.05) is 54.8 Å². The second kappa shape index (κ2) is 10.3. The van der Waals surface area contributed by atoms with Gasteiger partial charge in [-0.3, -0.25) is 9.78 Å². The Morgan fingerprint density at radius 1 is 1.11 bits per heavy atom. The first-order valence-corrected chi connectivity index (χ1v) is 12.7. The smallest absolute Gasteiger partial charge is 0.338 e. The molecular formula is C28H25N3O4S. The molecule has 4 aromatic rings. The Morgan fingerprint density at radius 3 is 2.81 bits per heavy atom. The number of carbonyl (C=O) groups excluding carboxylic acids is 2. The highest BCUT2D eigenvalue weighted by molar-refractivity contribution is 7.13. The fourth-order valence-corrected chi connectivity index (χ4v) is 4.80. The number of benzene rings is 2. The molecule has 3 heterocycles. The summed E-state index contributed by atoms with van der Waals surface area (Å²) in [5, 5.41) is 2.81. The Hall–Kier alpha value is -4.04. The van der Waals surface area contributed by atoms with E-state index in [2.05, 4.69) is 4.98 Å². The summed E-state index contributed by atoms with van der Waals surface area (Å²) >= 11 is 1.52. The SMILES string of the molecule is CCCOC(=O)c1cccc(CN2C(=O)C(C)Oc3ccc(-c4csc(-c5ccccn5)n4)cc32)c1. The molecule has 1 atom stereocenters. The highest BCUT2D eigenvalue weighted by atomic mass is 32.1. The maximum absolute atomic E-state index is 13.2. The summed E-state index contributed by atoms with van der Waals surface area (Å²) in [6.07, 6.45) is 1.89. The molecule has 0 aliphatic carbocycles. The van der Waals surface area contributed by atoms with Crippen molar-refractivity contribution in [3.63, 3.8) is 0 Å². The van der Waals surface area contributed by atoms with Gasteiger partial charge in [-0.15, -0.1) is 11.3 Å². The molecule has 7 nitrogen and oxygen atoms in total. The normalized spacial score (nSPS) is 14.8. The molecule has 2 aromatic carbocycles. The number of rotatable bonds is 7. The monoisotopic (exact) mass is 499 g/mol. The number of fused-ring (bicyclic) bond motifs is 1. The number of hydrogen-bond donors (Lipinski definition) is 0. The fourth-order valence-electron chi connectivity index (χ4n) is 4.00. The van der Waals surface area contributed by atoms with Gasteiger partial charge in [-0.05, 0) is 61.4 Å². The van der Waals surface area contributed by atoms with Gasteiger partial charge in [0, 0.05) is 17.1 Å². The molecule has 0 saturated carbocycles. The summed E-state index contributed by atoms with van der Waals surface area (Å²) in [7, 11) is 0. The molecule has 5 rings (SSSR count). The minimum absolute atomic E-state index is 0.147. The number of pyridine rings is 1. The number of amides is 1. The molecule has 0 saturated heterocycles. The summed E-state index contributed by atoms with van der Waals surface area (Å²) in [5.41, 5.74) is 4.45. The molecule has 0 bridgehead atoms. The number of esters is 1. The molecule has 1 aliphatic rings. The standard InChI is InChI=1S/C28H25N3O4S/c1-3-13-34-28(33)21-8-6-7-19(14-21)16-31-24-15-20(10-11-25(24)35-18(2)27(31)32)23-17-36-26(30-23)22-9-4-5-12-29-22/h4-12,14-15,17-18H,3,13,16H2,1-2H3. The Balaban J connectivity index is 1.45. The lowest BCUT2D eigenvalue weighted by Crippen LogP contribution is -2.44. The lowest BCUT2D eigenvalue weighted by atomic mass is 10.1. The molecule has 1 aliphatic heterocycles. The molecule has 0 radical (unpaired) electrons. The lowest BCUT2D eigenvalue weighted by molar-refractivity contribution is -0.125. The molecule has 1 unspecified atom stereocenters. The van der Waals surface area contributed by atoms with E-state index in [1.54, 1.807) is 36.2 Å². The van der Waals surface area contributed by atoms with Crippen molar-refractivity contribution in [3.8, 4) is 27.7 Å². The van der Waals surface area contributed by atoms with Crippen LogP contribution in [0.15, 0.2) is 72.2 Å². The highest BCUT2D eigenvalue weighted by Gasteiger charge is 2.32. The highest BCUT2D eigenvalue weighted by Crippen LogP contribution is 2.39. The third kappa shape index (κ3) is 4.85. The number of aromatic nitrogens is 2. The van der Waals surface area contributed by atoms with Gasteiger partial charge in [0.25, 0.3) is 5.91 Å². The number of ether oxygens (including phenoxy) is 2. The van der Waals surface area contributed by atoms with E-state index in [4.69, 9.17) is 14.5 Å². The van der Waals surface area contributed by atoms with Crippen LogP contribution in [0.3, 0.4) is 0 Å². The van der Waals surface area contributed by atoms with E-state index in [9.17, 15) is 9.59 Å². The average Bonchev–Trinajstić information content (AvgIpc) is 3.41. The van der Waals surface area contributed by atoms with Gasteiger partial charge in [0.15, 0.2) is 6.10 Å². The topological polar surface area (TPSA) is 81.6 Å². The zero-order chi connectivity index (χ0) is 25.1. The molecular weight excluding hydrogens is 474 g/mol.